The van der Waals surface area contributed by atoms with Gasteiger partial charge in [-0.25, -0.2) is 27.9 Å². The smallest absolute Gasteiger partial charge is 0.241 e. The average Bonchev–Trinajstić information content (AvgIpc) is 2.63. The number of ether oxygens (including phenoxy) is 1. The summed E-state index contributed by atoms with van der Waals surface area (Å²) in [6, 6.07) is 4.56. The average molecular weight is 421 g/mol. The van der Waals surface area contributed by atoms with E-state index in [0.29, 0.717) is 41.9 Å². The largest absolute Gasteiger partial charge is 0.381 e. The molecule has 0 saturated carbocycles. The van der Waals surface area contributed by atoms with Crippen molar-refractivity contribution in [3.05, 3.63) is 34.6 Å². The van der Waals surface area contributed by atoms with E-state index in [1.165, 1.54) is 25.4 Å². The second-order valence-electron chi connectivity index (χ2n) is 6.03. The van der Waals surface area contributed by atoms with Crippen LogP contribution in [0.2, 0.25) is 10.2 Å². The van der Waals surface area contributed by atoms with Crippen molar-refractivity contribution in [1.82, 2.24) is 9.71 Å². The lowest BCUT2D eigenvalue weighted by atomic mass is 9.93. The van der Waals surface area contributed by atoms with Crippen LogP contribution in [-0.4, -0.2) is 45.9 Å². The number of hydrogen-bond acceptors (Lipinski definition) is 6. The molecule has 0 amide bonds. The number of rotatable bonds is 6. The molecular weight excluding hydrogens is 403 g/mol. The molecule has 0 atom stereocenters. The highest BCUT2D eigenvalue weighted by atomic mass is 35.5. The lowest BCUT2D eigenvalue weighted by Crippen LogP contribution is -2.54. The Hall–Kier alpha value is -1.00. The molecule has 0 aliphatic carbocycles. The van der Waals surface area contributed by atoms with Gasteiger partial charge in [-0.2, -0.15) is 0 Å². The number of nitrogens with one attached hydrogen (secondary N) is 1. The van der Waals surface area contributed by atoms with E-state index in [0.717, 1.165) is 0 Å². The lowest BCUT2D eigenvalue weighted by molar-refractivity contribution is -0.285. The Morgan fingerprint density at radius 3 is 2.69 bits per heavy atom. The number of aromatic nitrogens is 1. The number of pyridine rings is 1. The van der Waals surface area contributed by atoms with E-state index in [1.54, 1.807) is 6.07 Å². The molecule has 142 valence electrons. The van der Waals surface area contributed by atoms with Crippen molar-refractivity contribution in [3.63, 3.8) is 0 Å². The summed E-state index contributed by atoms with van der Waals surface area (Å²) in [5, 5.41) is 1.69. The van der Waals surface area contributed by atoms with Gasteiger partial charge in [0, 0.05) is 30.2 Å². The van der Waals surface area contributed by atoms with Crippen LogP contribution in [0.1, 0.15) is 12.8 Å². The minimum absolute atomic E-state index is 0.0688. The molecule has 1 aliphatic rings. The molecule has 7 nitrogen and oxygen atoms in total. The number of benzene rings is 1. The maximum atomic E-state index is 13.0. The molecule has 1 aromatic heterocycles. The SMILES string of the molecule is COOCC1(NS(=O)(=O)c2ccc3c(Cl)cnc(Cl)c3c2)CCOCC1. The Kier molecular flexibility index (Phi) is 6.03. The van der Waals surface area contributed by atoms with Crippen molar-refractivity contribution in [2.45, 2.75) is 23.3 Å². The first-order chi connectivity index (χ1) is 12.4. The zero-order valence-electron chi connectivity index (χ0n) is 14.0. The van der Waals surface area contributed by atoms with Gasteiger partial charge in [0.1, 0.15) is 11.8 Å². The maximum absolute atomic E-state index is 13.0. The lowest BCUT2D eigenvalue weighted by Gasteiger charge is -2.36. The third-order valence-corrected chi connectivity index (χ3v) is 6.50. The summed E-state index contributed by atoms with van der Waals surface area (Å²) < 4.78 is 34.0. The second kappa shape index (κ2) is 7.93. The summed E-state index contributed by atoms with van der Waals surface area (Å²) in [6.07, 6.45) is 2.37. The molecule has 10 heteroatoms. The van der Waals surface area contributed by atoms with Crippen LogP contribution in [-0.2, 0) is 24.5 Å². The van der Waals surface area contributed by atoms with Gasteiger partial charge < -0.3 is 4.74 Å². The van der Waals surface area contributed by atoms with E-state index in [2.05, 4.69) is 14.6 Å². The first kappa shape index (κ1) is 19.8. The summed E-state index contributed by atoms with van der Waals surface area (Å²) in [5.41, 5.74) is -0.807. The Balaban J connectivity index is 1.96. The molecule has 1 fully saturated rings. The van der Waals surface area contributed by atoms with Crippen LogP contribution in [0.3, 0.4) is 0 Å². The highest BCUT2D eigenvalue weighted by Gasteiger charge is 2.38. The molecule has 26 heavy (non-hydrogen) atoms. The first-order valence-corrected chi connectivity index (χ1v) is 10.1. The summed E-state index contributed by atoms with van der Waals surface area (Å²) in [5.74, 6) is 0. The Bertz CT molecular complexity index is 901. The monoisotopic (exact) mass is 420 g/mol. The molecule has 1 aliphatic heterocycles. The van der Waals surface area contributed by atoms with Gasteiger partial charge in [0.2, 0.25) is 10.0 Å². The molecule has 2 aromatic rings. The highest BCUT2D eigenvalue weighted by molar-refractivity contribution is 7.89. The summed E-state index contributed by atoms with van der Waals surface area (Å²) in [6.45, 7) is 0.936. The number of halogens is 2. The van der Waals surface area contributed by atoms with Crippen molar-refractivity contribution in [1.29, 1.82) is 0 Å². The fraction of sp³-hybridized carbons (Fsp3) is 0.438. The van der Waals surface area contributed by atoms with E-state index >= 15 is 0 Å². The van der Waals surface area contributed by atoms with Crippen LogP contribution in [0.15, 0.2) is 29.3 Å². The van der Waals surface area contributed by atoms with Crippen LogP contribution in [0, 0.1) is 0 Å². The van der Waals surface area contributed by atoms with Gasteiger partial charge in [-0.1, -0.05) is 29.3 Å². The molecule has 0 spiro atoms. The molecule has 1 saturated heterocycles. The summed E-state index contributed by atoms with van der Waals surface area (Å²) in [7, 11) is -2.46. The minimum Gasteiger partial charge on any atom is -0.381 e. The summed E-state index contributed by atoms with van der Waals surface area (Å²) in [4.78, 5) is 13.7. The Morgan fingerprint density at radius 2 is 2.00 bits per heavy atom. The van der Waals surface area contributed by atoms with Crippen molar-refractivity contribution in [3.8, 4) is 0 Å². The fourth-order valence-corrected chi connectivity index (χ4v) is 4.77. The van der Waals surface area contributed by atoms with E-state index in [1.807, 2.05) is 0 Å². The predicted molar refractivity (Wildman–Crippen MR) is 97.8 cm³/mol. The van der Waals surface area contributed by atoms with Crippen molar-refractivity contribution in [2.75, 3.05) is 26.9 Å². The molecule has 2 heterocycles. The van der Waals surface area contributed by atoms with Crippen LogP contribution >= 0.6 is 23.2 Å². The molecular formula is C16H18Cl2N2O5S. The number of hydrogen-bond donors (Lipinski definition) is 1. The van der Waals surface area contributed by atoms with Gasteiger partial charge >= 0.3 is 0 Å². The number of fused-ring (bicyclic) bond motifs is 1. The summed E-state index contributed by atoms with van der Waals surface area (Å²) >= 11 is 12.2. The number of sulfonamides is 1. The van der Waals surface area contributed by atoms with Gasteiger partial charge in [-0.15, -0.1) is 0 Å². The van der Waals surface area contributed by atoms with Crippen LogP contribution < -0.4 is 4.72 Å². The van der Waals surface area contributed by atoms with Crippen molar-refractivity contribution in [2.24, 2.45) is 0 Å². The number of nitrogens with zero attached hydrogens (tertiary/aromatic N) is 1. The van der Waals surface area contributed by atoms with Gasteiger partial charge in [0.25, 0.3) is 0 Å². The zero-order chi connectivity index (χ0) is 18.8. The molecule has 0 unspecified atom stereocenters. The molecule has 1 aromatic carbocycles. The van der Waals surface area contributed by atoms with Crippen LogP contribution in [0.4, 0.5) is 0 Å². The first-order valence-electron chi connectivity index (χ1n) is 7.88. The molecule has 3 rings (SSSR count). The topological polar surface area (TPSA) is 86.8 Å². The fourth-order valence-electron chi connectivity index (χ4n) is 2.88. The van der Waals surface area contributed by atoms with Gasteiger partial charge in [-0.3, -0.25) is 0 Å². The quantitative estimate of drug-likeness (QED) is 0.439. The normalized spacial score (nSPS) is 17.5. The third kappa shape index (κ3) is 4.12. The predicted octanol–water partition coefficient (Wildman–Crippen LogP) is 2.95. The minimum atomic E-state index is -3.84. The van der Waals surface area contributed by atoms with E-state index in [-0.39, 0.29) is 16.7 Å². The van der Waals surface area contributed by atoms with E-state index < -0.39 is 15.6 Å². The van der Waals surface area contributed by atoms with Crippen LogP contribution in [0.25, 0.3) is 10.8 Å². The highest BCUT2D eigenvalue weighted by Crippen LogP contribution is 2.31. The maximum Gasteiger partial charge on any atom is 0.241 e. The van der Waals surface area contributed by atoms with E-state index in [4.69, 9.17) is 32.8 Å². The van der Waals surface area contributed by atoms with Crippen molar-refractivity contribution < 1.29 is 22.9 Å². The third-order valence-electron chi connectivity index (χ3n) is 4.33. The van der Waals surface area contributed by atoms with Gasteiger partial charge in [0.05, 0.1) is 22.6 Å². The standard InChI is InChI=1S/C16H18Cl2N2O5S/c1-23-25-10-16(4-6-24-7-5-16)20-26(21,22)11-2-3-12-13(8-11)15(18)19-9-14(12)17/h2-3,8-9,20H,4-7,10H2,1H3. The van der Waals surface area contributed by atoms with Crippen molar-refractivity contribution >= 4 is 44.0 Å². The molecule has 1 N–H and O–H groups in total. The second-order valence-corrected chi connectivity index (χ2v) is 8.48. The zero-order valence-corrected chi connectivity index (χ0v) is 16.3. The Labute approximate surface area is 161 Å². The Morgan fingerprint density at radius 1 is 1.27 bits per heavy atom. The van der Waals surface area contributed by atoms with E-state index in [9.17, 15) is 8.42 Å². The van der Waals surface area contributed by atoms with Gasteiger partial charge in [-0.05, 0) is 25.0 Å². The molecule has 0 radical (unpaired) electrons. The molecule has 0 bridgehead atoms. The van der Waals surface area contributed by atoms with Gasteiger partial charge in [0.15, 0.2) is 0 Å². The van der Waals surface area contributed by atoms with Crippen LogP contribution in [0.5, 0.6) is 0 Å².